The molecule has 92 valence electrons. The highest BCUT2D eigenvalue weighted by Crippen LogP contribution is 2.38. The first-order chi connectivity index (χ1) is 8.51. The Balaban J connectivity index is 2.49. The number of aliphatic hydroxyl groups is 1. The molecule has 0 aliphatic carbocycles. The molecule has 0 radical (unpaired) electrons. The maximum Gasteiger partial charge on any atom is 0.343 e. The number of esters is 1. The van der Waals surface area contributed by atoms with E-state index in [1.54, 1.807) is 31.2 Å². The van der Waals surface area contributed by atoms with Gasteiger partial charge < -0.3 is 9.84 Å². The van der Waals surface area contributed by atoms with Gasteiger partial charge in [0.15, 0.2) is 11.4 Å². The molecule has 0 saturated heterocycles. The van der Waals surface area contributed by atoms with E-state index >= 15 is 0 Å². The van der Waals surface area contributed by atoms with E-state index in [-0.39, 0.29) is 11.3 Å². The molecule has 4 nitrogen and oxygen atoms in total. The van der Waals surface area contributed by atoms with E-state index in [0.29, 0.717) is 17.5 Å². The highest BCUT2D eigenvalue weighted by Gasteiger charge is 2.43. The summed E-state index contributed by atoms with van der Waals surface area (Å²) in [5, 5.41) is 18.8. The van der Waals surface area contributed by atoms with Gasteiger partial charge in [-0.3, -0.25) is 0 Å². The molecule has 0 bridgehead atoms. The molecule has 1 unspecified atom stereocenters. The Morgan fingerprint density at radius 3 is 2.44 bits per heavy atom. The summed E-state index contributed by atoms with van der Waals surface area (Å²) in [4.78, 5) is 11.8. The molecule has 0 saturated carbocycles. The number of carbonyl (C=O) groups excluding carboxylic acids is 1. The van der Waals surface area contributed by atoms with Crippen molar-refractivity contribution in [1.29, 1.82) is 5.26 Å². The number of rotatable bonds is 2. The Kier molecular flexibility index (Phi) is 2.84. The van der Waals surface area contributed by atoms with Crippen LogP contribution >= 0.6 is 0 Å². The average Bonchev–Trinajstić information content (AvgIpc) is 2.61. The van der Waals surface area contributed by atoms with Gasteiger partial charge in [-0.15, -0.1) is 0 Å². The summed E-state index contributed by atoms with van der Waals surface area (Å²) >= 11 is 0. The van der Waals surface area contributed by atoms with Crippen molar-refractivity contribution in [3.8, 4) is 6.07 Å². The zero-order valence-corrected chi connectivity index (χ0v) is 10.2. The van der Waals surface area contributed by atoms with Gasteiger partial charge in [-0.05, 0) is 31.0 Å². The van der Waals surface area contributed by atoms with Crippen LogP contribution in [0.5, 0.6) is 0 Å². The molecular weight excluding hydrogens is 230 g/mol. The van der Waals surface area contributed by atoms with Crippen molar-refractivity contribution in [3.63, 3.8) is 0 Å². The third kappa shape index (κ3) is 1.74. The number of hydrogen-bond acceptors (Lipinski definition) is 4. The first-order valence-electron chi connectivity index (χ1n) is 5.69. The maximum atomic E-state index is 11.8. The Hall–Kier alpha value is -2.28. The van der Waals surface area contributed by atoms with E-state index < -0.39 is 11.6 Å². The molecule has 1 N–H and O–H groups in total. The molecule has 1 atom stereocenters. The van der Waals surface area contributed by atoms with Crippen molar-refractivity contribution < 1.29 is 14.6 Å². The zero-order chi connectivity index (χ0) is 13.3. The van der Waals surface area contributed by atoms with Crippen molar-refractivity contribution in [2.75, 3.05) is 0 Å². The molecule has 4 heteroatoms. The molecule has 18 heavy (non-hydrogen) atoms. The minimum Gasteiger partial charge on any atom is -0.507 e. The highest BCUT2D eigenvalue weighted by molar-refractivity contribution is 6.19. The van der Waals surface area contributed by atoms with Crippen LogP contribution < -0.4 is 0 Å². The average molecular weight is 243 g/mol. The first kappa shape index (κ1) is 12.2. The quantitative estimate of drug-likeness (QED) is 0.810. The van der Waals surface area contributed by atoms with Gasteiger partial charge in [0.1, 0.15) is 5.57 Å². The number of cyclic esters (lactones) is 1. The van der Waals surface area contributed by atoms with Gasteiger partial charge in [-0.1, -0.05) is 19.1 Å². The highest BCUT2D eigenvalue weighted by atomic mass is 16.6. The third-order valence-electron chi connectivity index (χ3n) is 3.24. The molecule has 0 amide bonds. The summed E-state index contributed by atoms with van der Waals surface area (Å²) in [6, 6.07) is 8.47. The Bertz CT molecular complexity index is 566. The van der Waals surface area contributed by atoms with E-state index in [1.807, 2.05) is 13.0 Å². The van der Waals surface area contributed by atoms with E-state index in [0.717, 1.165) is 0 Å². The lowest BCUT2D eigenvalue weighted by Gasteiger charge is -2.20. The van der Waals surface area contributed by atoms with Crippen LogP contribution in [0.2, 0.25) is 0 Å². The number of hydrogen-bond donors (Lipinski definition) is 1. The van der Waals surface area contributed by atoms with Crippen molar-refractivity contribution in [3.05, 3.63) is 41.2 Å². The van der Waals surface area contributed by atoms with Crippen molar-refractivity contribution in [2.24, 2.45) is 0 Å². The normalized spacial score (nSPS) is 22.8. The number of benzene rings is 1. The van der Waals surface area contributed by atoms with Crippen LogP contribution in [-0.2, 0) is 9.53 Å². The van der Waals surface area contributed by atoms with Gasteiger partial charge >= 0.3 is 5.97 Å². The number of carbonyl (C=O) groups is 1. The summed E-state index contributed by atoms with van der Waals surface area (Å²) in [6.07, 6.45) is 0.504. The maximum absolute atomic E-state index is 11.8. The van der Waals surface area contributed by atoms with Crippen LogP contribution in [0.25, 0.3) is 5.57 Å². The molecule has 2 rings (SSSR count). The molecule has 1 aromatic carbocycles. The standard InChI is InChI=1S/C14H13NO3/c1-3-14(2)12(16)11(13(17)18-14)10-6-4-9(8-15)5-7-10/h4-7,16H,3H2,1-2H3. The monoisotopic (exact) mass is 243 g/mol. The summed E-state index contributed by atoms with van der Waals surface area (Å²) in [7, 11) is 0. The molecular formula is C14H13NO3. The summed E-state index contributed by atoms with van der Waals surface area (Å²) in [5.41, 5.74) is 0.307. The van der Waals surface area contributed by atoms with Crippen LogP contribution in [0, 0.1) is 11.3 Å². The second-order valence-electron chi connectivity index (χ2n) is 4.39. The molecule has 1 aromatic rings. The summed E-state index contributed by atoms with van der Waals surface area (Å²) in [5.74, 6) is -0.568. The van der Waals surface area contributed by atoms with Gasteiger partial charge in [0.2, 0.25) is 0 Å². The SMILES string of the molecule is CCC1(C)OC(=O)C(c2ccc(C#N)cc2)=C1O. The Morgan fingerprint density at radius 1 is 1.39 bits per heavy atom. The number of aliphatic hydroxyl groups excluding tert-OH is 1. The lowest BCUT2D eigenvalue weighted by atomic mass is 9.96. The second kappa shape index (κ2) is 4.19. The number of nitrogens with zero attached hydrogens (tertiary/aromatic N) is 1. The first-order valence-corrected chi connectivity index (χ1v) is 5.69. The van der Waals surface area contributed by atoms with E-state index in [4.69, 9.17) is 10.00 Å². The van der Waals surface area contributed by atoms with E-state index in [9.17, 15) is 9.90 Å². The Morgan fingerprint density at radius 2 is 2.00 bits per heavy atom. The second-order valence-corrected chi connectivity index (χ2v) is 4.39. The predicted octanol–water partition coefficient (Wildman–Crippen LogP) is 2.55. The van der Waals surface area contributed by atoms with Crippen molar-refractivity contribution in [1.82, 2.24) is 0 Å². The van der Waals surface area contributed by atoms with Crippen molar-refractivity contribution >= 4 is 11.5 Å². The molecule has 0 spiro atoms. The minimum absolute atomic E-state index is 0.0419. The van der Waals surface area contributed by atoms with Crippen molar-refractivity contribution in [2.45, 2.75) is 25.9 Å². The fourth-order valence-corrected chi connectivity index (χ4v) is 1.87. The van der Waals surface area contributed by atoms with Gasteiger partial charge in [0, 0.05) is 0 Å². The molecule has 1 aliphatic rings. The van der Waals surface area contributed by atoms with Crippen LogP contribution in [0.4, 0.5) is 0 Å². The summed E-state index contributed by atoms with van der Waals surface area (Å²) in [6.45, 7) is 3.52. The molecule has 0 aromatic heterocycles. The van der Waals surface area contributed by atoms with Gasteiger partial charge in [-0.25, -0.2) is 4.79 Å². The van der Waals surface area contributed by atoms with Crippen LogP contribution in [-0.4, -0.2) is 16.7 Å². The molecule has 0 fully saturated rings. The smallest absolute Gasteiger partial charge is 0.343 e. The lowest BCUT2D eigenvalue weighted by molar-refractivity contribution is -0.145. The molecule has 1 aliphatic heterocycles. The van der Waals surface area contributed by atoms with Gasteiger partial charge in [0.25, 0.3) is 0 Å². The fourth-order valence-electron chi connectivity index (χ4n) is 1.87. The molecule has 1 heterocycles. The lowest BCUT2D eigenvalue weighted by Crippen LogP contribution is -2.26. The topological polar surface area (TPSA) is 70.3 Å². The fraction of sp³-hybridized carbons (Fsp3) is 0.286. The van der Waals surface area contributed by atoms with E-state index in [2.05, 4.69) is 0 Å². The predicted molar refractivity (Wildman–Crippen MR) is 65.5 cm³/mol. The van der Waals surface area contributed by atoms with Gasteiger partial charge in [-0.2, -0.15) is 5.26 Å². The number of ether oxygens (including phenoxy) is 1. The minimum atomic E-state index is -0.944. The van der Waals surface area contributed by atoms with Gasteiger partial charge in [0.05, 0.1) is 11.6 Å². The van der Waals surface area contributed by atoms with Crippen LogP contribution in [0.3, 0.4) is 0 Å². The summed E-state index contributed by atoms with van der Waals surface area (Å²) < 4.78 is 5.21. The zero-order valence-electron chi connectivity index (χ0n) is 10.2. The largest absolute Gasteiger partial charge is 0.507 e. The Labute approximate surface area is 105 Å². The third-order valence-corrected chi connectivity index (χ3v) is 3.24. The van der Waals surface area contributed by atoms with Crippen LogP contribution in [0.15, 0.2) is 30.0 Å². The number of nitriles is 1. The van der Waals surface area contributed by atoms with Crippen LogP contribution in [0.1, 0.15) is 31.4 Å². The van der Waals surface area contributed by atoms with E-state index in [1.165, 1.54) is 0 Å².